The fourth-order valence-electron chi connectivity index (χ4n) is 3.81. The predicted octanol–water partition coefficient (Wildman–Crippen LogP) is 4.32. The number of ether oxygens (including phenoxy) is 1. The van der Waals surface area contributed by atoms with Crippen molar-refractivity contribution in [2.45, 2.75) is 57.3 Å². The monoisotopic (exact) mass is 346 g/mol. The van der Waals surface area contributed by atoms with E-state index in [1.165, 1.54) is 32.4 Å². The number of rotatable bonds is 4. The van der Waals surface area contributed by atoms with E-state index in [2.05, 4.69) is 0 Å². The molecule has 5 heteroatoms. The second-order valence-electron chi connectivity index (χ2n) is 7.01. The fraction of sp³-hybridized carbons (Fsp3) is 0.550. The SMILES string of the molecule is COC1=CC(c2oc(CC3CCCCC3)cc(=O)c2O)CCC=C1O. The van der Waals surface area contributed by atoms with Crippen molar-refractivity contribution < 1.29 is 19.4 Å². The minimum Gasteiger partial charge on any atom is -0.504 e. The van der Waals surface area contributed by atoms with E-state index in [1.807, 2.05) is 0 Å². The summed E-state index contributed by atoms with van der Waals surface area (Å²) in [6.07, 6.45) is 11.4. The van der Waals surface area contributed by atoms with Gasteiger partial charge in [0.05, 0.1) is 7.11 Å². The van der Waals surface area contributed by atoms with Gasteiger partial charge in [-0.2, -0.15) is 0 Å². The molecule has 0 aromatic carbocycles. The summed E-state index contributed by atoms with van der Waals surface area (Å²) in [5, 5.41) is 20.2. The molecule has 0 aliphatic heterocycles. The summed E-state index contributed by atoms with van der Waals surface area (Å²) >= 11 is 0. The summed E-state index contributed by atoms with van der Waals surface area (Å²) in [4.78, 5) is 12.2. The average molecular weight is 346 g/mol. The fourth-order valence-corrected chi connectivity index (χ4v) is 3.81. The maximum absolute atomic E-state index is 12.2. The molecule has 1 saturated carbocycles. The Morgan fingerprint density at radius 2 is 1.96 bits per heavy atom. The first-order valence-electron chi connectivity index (χ1n) is 9.09. The smallest absolute Gasteiger partial charge is 0.227 e. The second-order valence-corrected chi connectivity index (χ2v) is 7.01. The van der Waals surface area contributed by atoms with Gasteiger partial charge in [-0.05, 0) is 30.9 Å². The molecule has 1 heterocycles. The van der Waals surface area contributed by atoms with Gasteiger partial charge >= 0.3 is 0 Å². The Bertz CT molecular complexity index is 722. The topological polar surface area (TPSA) is 79.9 Å². The maximum atomic E-state index is 12.2. The van der Waals surface area contributed by atoms with Gasteiger partial charge in [-0.15, -0.1) is 0 Å². The van der Waals surface area contributed by atoms with Crippen LogP contribution in [0.1, 0.15) is 62.4 Å². The summed E-state index contributed by atoms with van der Waals surface area (Å²) in [5.74, 6) is 1.21. The first-order chi connectivity index (χ1) is 12.1. The standard InChI is InChI=1S/C20H26O5/c1-24-18-11-14(8-5-9-16(18)21)20-19(23)17(22)12-15(25-20)10-13-6-3-2-4-7-13/h9,11-14,21,23H,2-8,10H2,1H3. The van der Waals surface area contributed by atoms with E-state index in [4.69, 9.17) is 9.15 Å². The van der Waals surface area contributed by atoms with Crippen LogP contribution in [0.4, 0.5) is 0 Å². The Morgan fingerprint density at radius 1 is 1.20 bits per heavy atom. The highest BCUT2D eigenvalue weighted by atomic mass is 16.5. The van der Waals surface area contributed by atoms with Crippen LogP contribution < -0.4 is 5.43 Å². The van der Waals surface area contributed by atoms with E-state index in [-0.39, 0.29) is 23.2 Å². The van der Waals surface area contributed by atoms with Crippen molar-refractivity contribution in [2.24, 2.45) is 5.92 Å². The maximum Gasteiger partial charge on any atom is 0.227 e. The molecular weight excluding hydrogens is 320 g/mol. The third kappa shape index (κ3) is 4.09. The molecular formula is C20H26O5. The molecule has 5 nitrogen and oxygen atoms in total. The molecule has 0 amide bonds. The molecule has 2 aliphatic rings. The van der Waals surface area contributed by atoms with Gasteiger partial charge < -0.3 is 19.4 Å². The van der Waals surface area contributed by atoms with Gasteiger partial charge in [-0.3, -0.25) is 4.79 Å². The minimum atomic E-state index is -0.402. The van der Waals surface area contributed by atoms with E-state index in [0.29, 0.717) is 30.3 Å². The number of aliphatic hydroxyl groups excluding tert-OH is 1. The zero-order valence-electron chi connectivity index (χ0n) is 14.7. The van der Waals surface area contributed by atoms with Crippen LogP contribution in [-0.4, -0.2) is 17.3 Å². The molecule has 136 valence electrons. The summed E-state index contributed by atoms with van der Waals surface area (Å²) in [7, 11) is 1.48. The van der Waals surface area contributed by atoms with Gasteiger partial charge in [0, 0.05) is 18.4 Å². The third-order valence-electron chi connectivity index (χ3n) is 5.19. The van der Waals surface area contributed by atoms with Crippen LogP contribution in [0.15, 0.2) is 38.9 Å². The lowest BCUT2D eigenvalue weighted by molar-refractivity contribution is 0.253. The highest BCUT2D eigenvalue weighted by Crippen LogP contribution is 2.34. The van der Waals surface area contributed by atoms with E-state index >= 15 is 0 Å². The van der Waals surface area contributed by atoms with Gasteiger partial charge in [0.25, 0.3) is 0 Å². The van der Waals surface area contributed by atoms with E-state index in [9.17, 15) is 15.0 Å². The zero-order chi connectivity index (χ0) is 17.8. The van der Waals surface area contributed by atoms with Crippen molar-refractivity contribution in [1.29, 1.82) is 0 Å². The van der Waals surface area contributed by atoms with E-state index in [1.54, 1.807) is 12.2 Å². The van der Waals surface area contributed by atoms with Gasteiger partial charge in [-0.1, -0.05) is 32.1 Å². The molecule has 1 atom stereocenters. The molecule has 1 aromatic heterocycles. The number of allylic oxidation sites excluding steroid dienone is 2. The third-order valence-corrected chi connectivity index (χ3v) is 5.19. The normalized spacial score (nSPS) is 22.0. The highest BCUT2D eigenvalue weighted by Gasteiger charge is 2.24. The van der Waals surface area contributed by atoms with Crippen LogP contribution in [0.25, 0.3) is 0 Å². The number of hydrogen-bond donors (Lipinski definition) is 2. The summed E-state index contributed by atoms with van der Waals surface area (Å²) in [6, 6.07) is 1.42. The van der Waals surface area contributed by atoms with Crippen molar-refractivity contribution in [3.63, 3.8) is 0 Å². The largest absolute Gasteiger partial charge is 0.504 e. The van der Waals surface area contributed by atoms with Gasteiger partial charge in [0.15, 0.2) is 17.3 Å². The lowest BCUT2D eigenvalue weighted by Gasteiger charge is -2.21. The van der Waals surface area contributed by atoms with Crippen molar-refractivity contribution in [3.8, 4) is 5.75 Å². The van der Waals surface area contributed by atoms with Crippen molar-refractivity contribution >= 4 is 0 Å². The quantitative estimate of drug-likeness (QED) is 0.849. The Kier molecular flexibility index (Phi) is 5.51. The molecule has 0 radical (unpaired) electrons. The van der Waals surface area contributed by atoms with Crippen molar-refractivity contribution in [2.75, 3.05) is 7.11 Å². The number of aliphatic hydroxyl groups is 1. The first kappa shape index (κ1) is 17.6. The Labute approximate surface area is 147 Å². The predicted molar refractivity (Wildman–Crippen MR) is 94.7 cm³/mol. The molecule has 0 bridgehead atoms. The van der Waals surface area contributed by atoms with Gasteiger partial charge in [-0.25, -0.2) is 0 Å². The number of methoxy groups -OCH3 is 1. The minimum absolute atomic E-state index is 0.0743. The van der Waals surface area contributed by atoms with Crippen LogP contribution in [0, 0.1) is 5.92 Å². The molecule has 0 saturated heterocycles. The van der Waals surface area contributed by atoms with Crippen LogP contribution in [0.3, 0.4) is 0 Å². The first-order valence-corrected chi connectivity index (χ1v) is 9.09. The van der Waals surface area contributed by atoms with Crippen molar-refractivity contribution in [1.82, 2.24) is 0 Å². The molecule has 25 heavy (non-hydrogen) atoms. The lowest BCUT2D eigenvalue weighted by atomic mass is 9.86. The second kappa shape index (κ2) is 7.81. The van der Waals surface area contributed by atoms with E-state index < -0.39 is 5.43 Å². The number of aromatic hydroxyl groups is 1. The Morgan fingerprint density at radius 3 is 2.68 bits per heavy atom. The average Bonchev–Trinajstić information content (AvgIpc) is 2.80. The molecule has 1 fully saturated rings. The highest BCUT2D eigenvalue weighted by molar-refractivity contribution is 5.34. The van der Waals surface area contributed by atoms with Crippen LogP contribution in [0.5, 0.6) is 5.75 Å². The van der Waals surface area contributed by atoms with Crippen LogP contribution in [-0.2, 0) is 11.2 Å². The number of hydrogen-bond acceptors (Lipinski definition) is 5. The lowest BCUT2D eigenvalue weighted by Crippen LogP contribution is -2.13. The molecule has 1 unspecified atom stereocenters. The van der Waals surface area contributed by atoms with Gasteiger partial charge in [0.1, 0.15) is 5.76 Å². The summed E-state index contributed by atoms with van der Waals surface area (Å²) < 4.78 is 11.2. The Hall–Kier alpha value is -2.17. The summed E-state index contributed by atoms with van der Waals surface area (Å²) in [6.45, 7) is 0. The van der Waals surface area contributed by atoms with Gasteiger partial charge in [0.2, 0.25) is 11.2 Å². The molecule has 2 aliphatic carbocycles. The zero-order valence-corrected chi connectivity index (χ0v) is 14.7. The molecule has 2 N–H and O–H groups in total. The molecule has 1 aromatic rings. The molecule has 0 spiro atoms. The molecule has 3 rings (SSSR count). The summed E-state index contributed by atoms with van der Waals surface area (Å²) in [5.41, 5.74) is -0.402. The van der Waals surface area contributed by atoms with Crippen LogP contribution in [0.2, 0.25) is 0 Å². The van der Waals surface area contributed by atoms with E-state index in [0.717, 1.165) is 19.3 Å². The van der Waals surface area contributed by atoms with Crippen LogP contribution >= 0.6 is 0 Å². The van der Waals surface area contributed by atoms with Crippen molar-refractivity contribution in [3.05, 3.63) is 51.5 Å². The Balaban J connectivity index is 1.90.